The smallest absolute Gasteiger partial charge is 0.465 e. The molecule has 0 unspecified atom stereocenters. The Morgan fingerprint density at radius 2 is 1.52 bits per heavy atom. The van der Waals surface area contributed by atoms with Gasteiger partial charge < -0.3 is 30.9 Å². The fourth-order valence-electron chi connectivity index (χ4n) is 1.32. The van der Waals surface area contributed by atoms with Crippen LogP contribution < -0.4 is 5.73 Å². The van der Waals surface area contributed by atoms with Gasteiger partial charge in [0, 0.05) is 11.3 Å². The number of nitro benzene ring substituents is 1. The maximum Gasteiger partial charge on any atom is 0.503 e. The number of nitro groups is 1. The number of carbonyl (C=O) groups is 3. The first-order valence-corrected chi connectivity index (χ1v) is 5.40. The molecule has 0 atom stereocenters. The van der Waals surface area contributed by atoms with E-state index in [1.807, 2.05) is 0 Å². The van der Waals surface area contributed by atoms with Gasteiger partial charge in [0.2, 0.25) is 0 Å². The molecule has 1 aromatic carbocycles. The Balaban J connectivity index is 0. The van der Waals surface area contributed by atoms with E-state index in [2.05, 4.69) is 4.74 Å². The van der Waals surface area contributed by atoms with Gasteiger partial charge in [0.1, 0.15) is 5.56 Å². The van der Waals surface area contributed by atoms with Gasteiger partial charge in [-0.1, -0.05) is 0 Å². The number of nitrogens with zero attached hydrogens (tertiary/aromatic N) is 1. The number of esters is 1. The van der Waals surface area contributed by atoms with Crippen LogP contribution in [-0.4, -0.2) is 50.7 Å². The summed E-state index contributed by atoms with van der Waals surface area (Å²) in [7, 11) is 1.16. The number of anilines is 1. The number of nitrogens with two attached hydrogens (primary N) is 1. The molecule has 0 amide bonds. The van der Waals surface area contributed by atoms with Crippen LogP contribution in [0.5, 0.6) is 0 Å². The summed E-state index contributed by atoms with van der Waals surface area (Å²) in [5.41, 5.74) is 5.72. The van der Waals surface area contributed by atoms with Crippen molar-refractivity contribution < 1.29 is 44.5 Å². The zero-order chi connectivity index (χ0) is 18.7. The lowest BCUT2D eigenvalue weighted by molar-refractivity contribution is -0.385. The molecule has 0 saturated carbocycles. The molecule has 0 aliphatic rings. The Labute approximate surface area is 128 Å². The molecule has 23 heavy (non-hydrogen) atoms. The number of ether oxygens (including phenoxy) is 1. The number of benzene rings is 1. The summed E-state index contributed by atoms with van der Waals surface area (Å²) in [5.74, 6) is -0.767. The van der Waals surface area contributed by atoms with Crippen LogP contribution in [0.15, 0.2) is 12.1 Å². The van der Waals surface area contributed by atoms with Crippen LogP contribution in [0.2, 0.25) is 0 Å². The summed E-state index contributed by atoms with van der Waals surface area (Å²) in [4.78, 5) is 38.5. The second-order valence-electron chi connectivity index (χ2n) is 3.55. The van der Waals surface area contributed by atoms with Crippen LogP contribution in [0.1, 0.15) is 15.9 Å². The van der Waals surface area contributed by atoms with Crippen molar-refractivity contribution in [2.24, 2.45) is 0 Å². The van der Waals surface area contributed by atoms with Gasteiger partial charge in [-0.15, -0.1) is 0 Å². The van der Waals surface area contributed by atoms with Crippen molar-refractivity contribution in [3.63, 3.8) is 0 Å². The van der Waals surface area contributed by atoms with Crippen molar-refractivity contribution in [1.82, 2.24) is 0 Å². The van der Waals surface area contributed by atoms with E-state index in [1.54, 1.807) is 0 Å². The van der Waals surface area contributed by atoms with Crippen LogP contribution in [0.25, 0.3) is 0 Å². The van der Waals surface area contributed by atoms with Crippen molar-refractivity contribution in [2.75, 3.05) is 12.8 Å². The minimum atomic E-state index is -1.83. The molecule has 0 aromatic heterocycles. The van der Waals surface area contributed by atoms with Gasteiger partial charge in [-0.25, -0.2) is 14.4 Å². The van der Waals surface area contributed by atoms with Crippen molar-refractivity contribution in [1.29, 1.82) is 0 Å². The molecule has 1 aromatic rings. The molecule has 12 nitrogen and oxygen atoms in total. The third-order valence-electron chi connectivity index (χ3n) is 1.91. The fraction of sp³-hybridized carbons (Fsp3) is 0.182. The standard InChI is InChI=1S/C9H10N2O4.2CH2O3/c1-5-3-6(10)4-7(9(12)15-2)8(5)11(13)14;2*2-1(3)4/h3-4H,10H2,1-2H3;2*(H2,2,3,4). The summed E-state index contributed by atoms with van der Waals surface area (Å²) in [6, 6.07) is 2.67. The van der Waals surface area contributed by atoms with Gasteiger partial charge in [-0.05, 0) is 19.1 Å². The summed E-state index contributed by atoms with van der Waals surface area (Å²) in [6.45, 7) is 1.51. The second-order valence-corrected chi connectivity index (χ2v) is 3.55. The van der Waals surface area contributed by atoms with Crippen molar-refractivity contribution >= 4 is 29.7 Å². The van der Waals surface area contributed by atoms with E-state index in [-0.39, 0.29) is 11.3 Å². The van der Waals surface area contributed by atoms with Crippen LogP contribution in [0, 0.1) is 17.0 Å². The van der Waals surface area contributed by atoms with E-state index in [4.69, 9.17) is 35.7 Å². The monoisotopic (exact) mass is 334 g/mol. The lowest BCUT2D eigenvalue weighted by Crippen LogP contribution is -2.08. The first-order valence-electron chi connectivity index (χ1n) is 5.40. The molecule has 1 rings (SSSR count). The Bertz CT molecular complexity index is 579. The van der Waals surface area contributed by atoms with Crippen molar-refractivity contribution in [3.05, 3.63) is 33.4 Å². The minimum Gasteiger partial charge on any atom is -0.465 e. The number of hydrogen-bond acceptors (Lipinski definition) is 7. The third kappa shape index (κ3) is 9.89. The van der Waals surface area contributed by atoms with Gasteiger partial charge in [-0.3, -0.25) is 10.1 Å². The van der Waals surface area contributed by atoms with E-state index < -0.39 is 23.2 Å². The van der Waals surface area contributed by atoms with Crippen LogP contribution >= 0.6 is 0 Å². The number of nitrogen functional groups attached to an aromatic ring is 1. The highest BCUT2D eigenvalue weighted by atomic mass is 16.6. The second kappa shape index (κ2) is 10.2. The van der Waals surface area contributed by atoms with Gasteiger partial charge in [0.05, 0.1) is 12.0 Å². The Morgan fingerprint density at radius 3 is 1.83 bits per heavy atom. The molecule has 0 bridgehead atoms. The van der Waals surface area contributed by atoms with E-state index in [0.717, 1.165) is 7.11 Å². The number of carbonyl (C=O) groups excluding carboxylic acids is 1. The van der Waals surface area contributed by atoms with E-state index in [0.29, 0.717) is 11.3 Å². The Kier molecular flexibility index (Phi) is 9.63. The molecule has 128 valence electrons. The maximum atomic E-state index is 11.3. The molecule has 0 spiro atoms. The van der Waals surface area contributed by atoms with Crippen LogP contribution in [0.3, 0.4) is 0 Å². The van der Waals surface area contributed by atoms with Gasteiger partial charge in [-0.2, -0.15) is 0 Å². The SMILES string of the molecule is COC(=O)c1cc(N)cc(C)c1[N+](=O)[O-].O=C(O)O.O=C(O)O. The Hall–Kier alpha value is -3.57. The first kappa shape index (κ1) is 21.7. The summed E-state index contributed by atoms with van der Waals surface area (Å²) < 4.78 is 4.44. The highest BCUT2D eigenvalue weighted by Gasteiger charge is 2.23. The molecule has 0 heterocycles. The number of carboxylic acid groups (broad SMARTS) is 4. The molecule has 0 aliphatic carbocycles. The average molecular weight is 334 g/mol. The fourth-order valence-corrected chi connectivity index (χ4v) is 1.32. The molecular weight excluding hydrogens is 320 g/mol. The highest BCUT2D eigenvalue weighted by molar-refractivity contribution is 5.95. The van der Waals surface area contributed by atoms with Crippen molar-refractivity contribution in [3.8, 4) is 0 Å². The normalized spacial score (nSPS) is 8.43. The Morgan fingerprint density at radius 1 is 1.13 bits per heavy atom. The zero-order valence-corrected chi connectivity index (χ0v) is 11.9. The molecule has 12 heteroatoms. The third-order valence-corrected chi connectivity index (χ3v) is 1.91. The molecule has 6 N–H and O–H groups in total. The van der Waals surface area contributed by atoms with E-state index >= 15 is 0 Å². The number of aryl methyl sites for hydroxylation is 1. The number of rotatable bonds is 2. The van der Waals surface area contributed by atoms with Crippen LogP contribution in [-0.2, 0) is 4.74 Å². The number of hydrogen-bond donors (Lipinski definition) is 5. The summed E-state index contributed by atoms with van der Waals surface area (Å²) in [5, 5.41) is 38.6. The minimum absolute atomic E-state index is 0.125. The van der Waals surface area contributed by atoms with Gasteiger partial charge in [0.25, 0.3) is 5.69 Å². The van der Waals surface area contributed by atoms with Gasteiger partial charge >= 0.3 is 18.3 Å². The molecule has 0 radical (unpaired) electrons. The quantitative estimate of drug-likeness (QED) is 0.227. The molecule has 0 aliphatic heterocycles. The topological polar surface area (TPSA) is 211 Å². The molecule has 0 fully saturated rings. The van der Waals surface area contributed by atoms with Gasteiger partial charge in [0.15, 0.2) is 0 Å². The highest BCUT2D eigenvalue weighted by Crippen LogP contribution is 2.26. The average Bonchev–Trinajstić information content (AvgIpc) is 2.34. The number of methoxy groups -OCH3 is 1. The molecule has 0 saturated heterocycles. The van der Waals surface area contributed by atoms with Crippen LogP contribution in [0.4, 0.5) is 21.0 Å². The largest absolute Gasteiger partial charge is 0.503 e. The van der Waals surface area contributed by atoms with E-state index in [1.165, 1.54) is 19.1 Å². The zero-order valence-electron chi connectivity index (χ0n) is 11.9. The lowest BCUT2D eigenvalue weighted by Gasteiger charge is -2.04. The maximum absolute atomic E-state index is 11.3. The first-order chi connectivity index (χ1) is 10.4. The summed E-state index contributed by atoms with van der Waals surface area (Å²) >= 11 is 0. The predicted octanol–water partition coefficient (Wildman–Crippen LogP) is 1.72. The summed E-state index contributed by atoms with van der Waals surface area (Å²) in [6.07, 6.45) is -3.67. The van der Waals surface area contributed by atoms with Crippen molar-refractivity contribution in [2.45, 2.75) is 6.92 Å². The lowest BCUT2D eigenvalue weighted by atomic mass is 10.1. The predicted molar refractivity (Wildman–Crippen MR) is 74.9 cm³/mol. The molecular formula is C11H14N2O10. The van der Waals surface area contributed by atoms with E-state index in [9.17, 15) is 14.9 Å².